The van der Waals surface area contributed by atoms with E-state index in [1.165, 1.54) is 0 Å². The molecule has 35 heavy (non-hydrogen) atoms. The van der Waals surface area contributed by atoms with Crippen LogP contribution in [0.5, 0.6) is 5.75 Å². The second-order valence-electron chi connectivity index (χ2n) is 8.17. The second kappa shape index (κ2) is 10.9. The summed E-state index contributed by atoms with van der Waals surface area (Å²) in [5.74, 6) is 1.76. The molecule has 0 atom stereocenters. The Morgan fingerprint density at radius 1 is 0.886 bits per heavy atom. The van der Waals surface area contributed by atoms with Crippen molar-refractivity contribution in [2.45, 2.75) is 24.9 Å². The second-order valence-corrected chi connectivity index (χ2v) is 10.4. The van der Waals surface area contributed by atoms with Crippen molar-refractivity contribution in [3.8, 4) is 22.6 Å². The fraction of sp³-hybridized carbons (Fsp3) is 0.172. The molecule has 2 heterocycles. The largest absolute Gasteiger partial charge is 0.494 e. The van der Waals surface area contributed by atoms with Crippen molar-refractivity contribution in [3.63, 3.8) is 0 Å². The van der Waals surface area contributed by atoms with Crippen LogP contribution in [0.2, 0.25) is 0 Å². The molecule has 0 saturated carbocycles. The molecular formula is C29H26N2O2S2. The molecule has 0 fully saturated rings. The van der Waals surface area contributed by atoms with E-state index in [0.29, 0.717) is 12.0 Å². The van der Waals surface area contributed by atoms with Gasteiger partial charge in [-0.25, -0.2) is 4.98 Å². The molecule has 0 aliphatic heterocycles. The molecule has 3 aromatic carbocycles. The number of thioether (sulfide) groups is 1. The number of hydrogen-bond acceptors (Lipinski definition) is 5. The van der Waals surface area contributed by atoms with Crippen molar-refractivity contribution < 1.29 is 4.74 Å². The Morgan fingerprint density at radius 2 is 1.54 bits per heavy atom. The van der Waals surface area contributed by atoms with E-state index in [-0.39, 0.29) is 5.56 Å². The zero-order valence-corrected chi connectivity index (χ0v) is 21.1. The van der Waals surface area contributed by atoms with Gasteiger partial charge in [0, 0.05) is 16.2 Å². The van der Waals surface area contributed by atoms with E-state index in [9.17, 15) is 4.79 Å². The van der Waals surface area contributed by atoms with E-state index < -0.39 is 0 Å². The summed E-state index contributed by atoms with van der Waals surface area (Å²) in [6.07, 6.45) is 1.91. The van der Waals surface area contributed by atoms with Crippen LogP contribution in [0.4, 0.5) is 0 Å². The monoisotopic (exact) mass is 498 g/mol. The van der Waals surface area contributed by atoms with Gasteiger partial charge in [0.15, 0.2) is 5.16 Å². The first kappa shape index (κ1) is 23.4. The molecule has 0 N–H and O–H groups in total. The van der Waals surface area contributed by atoms with Gasteiger partial charge in [-0.15, -0.1) is 11.3 Å². The van der Waals surface area contributed by atoms with Crippen molar-refractivity contribution in [1.29, 1.82) is 0 Å². The molecule has 0 unspecified atom stereocenters. The van der Waals surface area contributed by atoms with Gasteiger partial charge in [-0.2, -0.15) is 0 Å². The average molecular weight is 499 g/mol. The highest BCUT2D eigenvalue weighted by Gasteiger charge is 2.20. The number of benzene rings is 3. The fourth-order valence-electron chi connectivity index (χ4n) is 4.07. The maximum absolute atomic E-state index is 13.9. The molecule has 0 bridgehead atoms. The molecule has 176 valence electrons. The predicted octanol–water partition coefficient (Wildman–Crippen LogP) is 7.37. The zero-order chi connectivity index (χ0) is 24.0. The molecular weight excluding hydrogens is 472 g/mol. The SMILES string of the molecule is Cc1sc2nc(SCCCCOc3ccccc3)n(-c3ccccc3)c(=O)c2c1-c1ccccc1. The quantitative estimate of drug-likeness (QED) is 0.121. The van der Waals surface area contributed by atoms with Gasteiger partial charge in [-0.1, -0.05) is 78.5 Å². The number of rotatable bonds is 9. The van der Waals surface area contributed by atoms with Gasteiger partial charge in [0.2, 0.25) is 0 Å². The normalized spacial score (nSPS) is 11.1. The molecule has 0 aliphatic carbocycles. The van der Waals surface area contributed by atoms with Crippen molar-refractivity contribution in [2.75, 3.05) is 12.4 Å². The van der Waals surface area contributed by atoms with Crippen LogP contribution in [0.3, 0.4) is 0 Å². The third-order valence-electron chi connectivity index (χ3n) is 5.73. The van der Waals surface area contributed by atoms with E-state index in [2.05, 4.69) is 19.1 Å². The maximum Gasteiger partial charge on any atom is 0.268 e. The van der Waals surface area contributed by atoms with E-state index in [1.807, 2.05) is 78.9 Å². The van der Waals surface area contributed by atoms with E-state index >= 15 is 0 Å². The summed E-state index contributed by atoms with van der Waals surface area (Å²) >= 11 is 3.22. The minimum atomic E-state index is -0.0145. The minimum Gasteiger partial charge on any atom is -0.494 e. The molecule has 0 spiro atoms. The number of nitrogens with zero attached hydrogens (tertiary/aromatic N) is 2. The molecule has 0 amide bonds. The van der Waals surface area contributed by atoms with Gasteiger partial charge in [0.25, 0.3) is 5.56 Å². The number of para-hydroxylation sites is 2. The lowest BCUT2D eigenvalue weighted by Crippen LogP contribution is -2.21. The number of hydrogen-bond donors (Lipinski definition) is 0. The Morgan fingerprint density at radius 3 is 2.26 bits per heavy atom. The summed E-state index contributed by atoms with van der Waals surface area (Å²) in [4.78, 5) is 20.9. The van der Waals surface area contributed by atoms with Gasteiger partial charge in [0.05, 0.1) is 17.7 Å². The standard InChI is InChI=1S/C29H26N2O2S2/c1-21-25(22-13-5-2-6-14-22)26-27(35-21)30-29(31(28(26)32)23-15-7-3-8-16-23)34-20-12-11-19-33-24-17-9-4-10-18-24/h2-10,13-18H,11-12,19-20H2,1H3. The van der Waals surface area contributed by atoms with Gasteiger partial charge in [-0.05, 0) is 49.6 Å². The summed E-state index contributed by atoms with van der Waals surface area (Å²) < 4.78 is 7.58. The Hall–Kier alpha value is -3.35. The predicted molar refractivity (Wildman–Crippen MR) is 147 cm³/mol. The Balaban J connectivity index is 1.43. The zero-order valence-electron chi connectivity index (χ0n) is 19.5. The van der Waals surface area contributed by atoms with Crippen LogP contribution in [0.15, 0.2) is 101 Å². The Bertz CT molecular complexity index is 1460. The van der Waals surface area contributed by atoms with Crippen LogP contribution in [0.25, 0.3) is 27.0 Å². The maximum atomic E-state index is 13.9. The Labute approximate surface area is 213 Å². The molecule has 0 aliphatic rings. The minimum absolute atomic E-state index is 0.0145. The number of aryl methyl sites for hydroxylation is 1. The van der Waals surface area contributed by atoms with Crippen LogP contribution in [0, 0.1) is 6.92 Å². The molecule has 5 aromatic rings. The number of aromatic nitrogens is 2. The van der Waals surface area contributed by atoms with Gasteiger partial charge < -0.3 is 4.74 Å². The van der Waals surface area contributed by atoms with Crippen molar-refractivity contribution in [3.05, 3.63) is 106 Å². The van der Waals surface area contributed by atoms with Crippen molar-refractivity contribution in [2.24, 2.45) is 0 Å². The number of unbranched alkanes of at least 4 members (excludes halogenated alkanes) is 1. The molecule has 0 saturated heterocycles. The topological polar surface area (TPSA) is 44.1 Å². The lowest BCUT2D eigenvalue weighted by atomic mass is 10.0. The van der Waals surface area contributed by atoms with Crippen molar-refractivity contribution in [1.82, 2.24) is 9.55 Å². The fourth-order valence-corrected chi connectivity index (χ4v) is 6.17. The summed E-state index contributed by atoms with van der Waals surface area (Å²) in [6, 6.07) is 29.8. The van der Waals surface area contributed by atoms with Crippen LogP contribution in [-0.4, -0.2) is 21.9 Å². The number of ether oxygens (including phenoxy) is 1. The van der Waals surface area contributed by atoms with Gasteiger partial charge in [0.1, 0.15) is 10.6 Å². The molecule has 2 aromatic heterocycles. The third kappa shape index (κ3) is 5.19. The Kier molecular flexibility index (Phi) is 7.31. The van der Waals surface area contributed by atoms with E-state index in [4.69, 9.17) is 9.72 Å². The summed E-state index contributed by atoms with van der Waals surface area (Å²) in [6.45, 7) is 2.74. The third-order valence-corrected chi connectivity index (χ3v) is 7.75. The first-order chi connectivity index (χ1) is 17.2. The lowest BCUT2D eigenvalue weighted by Gasteiger charge is -2.13. The average Bonchev–Trinajstić information content (AvgIpc) is 3.24. The van der Waals surface area contributed by atoms with Crippen LogP contribution >= 0.6 is 23.1 Å². The summed E-state index contributed by atoms with van der Waals surface area (Å²) in [5.41, 5.74) is 2.86. The van der Waals surface area contributed by atoms with E-state index in [1.54, 1.807) is 27.7 Å². The van der Waals surface area contributed by atoms with Crippen LogP contribution < -0.4 is 10.3 Å². The molecule has 5 rings (SSSR count). The smallest absolute Gasteiger partial charge is 0.268 e. The number of thiophene rings is 1. The molecule has 0 radical (unpaired) electrons. The molecule has 6 heteroatoms. The summed E-state index contributed by atoms with van der Waals surface area (Å²) in [7, 11) is 0. The van der Waals surface area contributed by atoms with E-state index in [0.717, 1.165) is 56.0 Å². The van der Waals surface area contributed by atoms with Gasteiger partial charge >= 0.3 is 0 Å². The molecule has 4 nitrogen and oxygen atoms in total. The summed E-state index contributed by atoms with van der Waals surface area (Å²) in [5, 5.41) is 1.43. The van der Waals surface area contributed by atoms with Crippen molar-refractivity contribution >= 4 is 33.3 Å². The first-order valence-corrected chi connectivity index (χ1v) is 13.5. The number of fused-ring (bicyclic) bond motifs is 1. The van der Waals surface area contributed by atoms with Crippen LogP contribution in [0.1, 0.15) is 17.7 Å². The highest BCUT2D eigenvalue weighted by atomic mass is 32.2. The van der Waals surface area contributed by atoms with Gasteiger partial charge in [-0.3, -0.25) is 9.36 Å². The highest BCUT2D eigenvalue weighted by molar-refractivity contribution is 7.99. The highest BCUT2D eigenvalue weighted by Crippen LogP contribution is 2.37. The van der Waals surface area contributed by atoms with Crippen LogP contribution in [-0.2, 0) is 0 Å². The first-order valence-electron chi connectivity index (χ1n) is 11.7. The lowest BCUT2D eigenvalue weighted by molar-refractivity contribution is 0.310.